The summed E-state index contributed by atoms with van der Waals surface area (Å²) in [6.07, 6.45) is -3.25. The Balaban J connectivity index is 1.71. The van der Waals surface area contributed by atoms with Crippen LogP contribution in [0.5, 0.6) is 11.5 Å². The van der Waals surface area contributed by atoms with Gasteiger partial charge in [0, 0.05) is 5.69 Å². The maximum Gasteiger partial charge on any atom is 0.416 e. The van der Waals surface area contributed by atoms with Crippen LogP contribution in [0.3, 0.4) is 0 Å². The molecule has 3 N–H and O–H groups in total. The number of hydrogen-bond donors (Lipinski definition) is 3. The molecule has 0 radical (unpaired) electrons. The molecule has 0 aliphatic carbocycles. The number of nitrogens with zero attached hydrogens (tertiary/aromatic N) is 1. The van der Waals surface area contributed by atoms with Crippen LogP contribution in [-0.4, -0.2) is 41.5 Å². The van der Waals surface area contributed by atoms with Gasteiger partial charge in [-0.25, -0.2) is 9.69 Å². The molecule has 0 bridgehead atoms. The number of benzene rings is 2. The highest BCUT2D eigenvalue weighted by Crippen LogP contribution is 2.31. The molecule has 0 aromatic heterocycles. The Hall–Kier alpha value is -4.02. The zero-order valence-electron chi connectivity index (χ0n) is 16.0. The summed E-state index contributed by atoms with van der Waals surface area (Å²) in [6.45, 7) is -0.697. The Morgan fingerprint density at radius 1 is 1.23 bits per heavy atom. The molecule has 2 aromatic rings. The lowest BCUT2D eigenvalue weighted by Gasteiger charge is -2.13. The third-order valence-electron chi connectivity index (χ3n) is 4.25. The fourth-order valence-electron chi connectivity index (χ4n) is 2.78. The average molecular weight is 435 g/mol. The number of aromatic hydroxyl groups is 1. The topological polar surface area (TPSA) is 108 Å². The Kier molecular flexibility index (Phi) is 5.86. The first-order valence-corrected chi connectivity index (χ1v) is 8.77. The van der Waals surface area contributed by atoms with Gasteiger partial charge in [-0.1, -0.05) is 12.1 Å². The molecule has 162 valence electrons. The zero-order chi connectivity index (χ0) is 22.8. The summed E-state index contributed by atoms with van der Waals surface area (Å²) in [5, 5.41) is 14.2. The highest BCUT2D eigenvalue weighted by Gasteiger charge is 2.35. The van der Waals surface area contributed by atoms with Crippen LogP contribution in [-0.2, 0) is 15.8 Å². The van der Waals surface area contributed by atoms with Crippen LogP contribution in [0.2, 0.25) is 0 Å². The van der Waals surface area contributed by atoms with Crippen molar-refractivity contribution in [3.05, 3.63) is 59.3 Å². The molecule has 1 aliphatic rings. The van der Waals surface area contributed by atoms with Crippen molar-refractivity contribution in [1.29, 1.82) is 0 Å². The van der Waals surface area contributed by atoms with E-state index in [1.54, 1.807) is 0 Å². The summed E-state index contributed by atoms with van der Waals surface area (Å²) in [7, 11) is 1.35. The van der Waals surface area contributed by atoms with Crippen molar-refractivity contribution in [3.8, 4) is 11.5 Å². The van der Waals surface area contributed by atoms with Crippen molar-refractivity contribution in [1.82, 2.24) is 10.2 Å². The Morgan fingerprint density at radius 2 is 1.97 bits per heavy atom. The number of alkyl halides is 3. The van der Waals surface area contributed by atoms with Gasteiger partial charge in [-0.2, -0.15) is 13.2 Å². The molecule has 4 amide bonds. The third-order valence-corrected chi connectivity index (χ3v) is 4.25. The SMILES string of the molecule is COc1cc(/C=C2\NC(=O)N(CC(=O)Nc3cccc(C(F)(F)F)c3)C2=O)ccc1O. The fraction of sp³-hybridized carbons (Fsp3) is 0.150. The monoisotopic (exact) mass is 435 g/mol. The standard InChI is InChI=1S/C20H16F3N3O5/c1-31-16-8-11(5-6-15(16)27)7-14-18(29)26(19(30)25-14)10-17(28)24-13-4-2-3-12(9-13)20(21,22)23/h2-9,27H,10H2,1H3,(H,24,28)(H,25,30)/b14-7-. The highest BCUT2D eigenvalue weighted by atomic mass is 19.4. The van der Waals surface area contributed by atoms with E-state index in [2.05, 4.69) is 10.6 Å². The molecule has 0 unspecified atom stereocenters. The lowest BCUT2D eigenvalue weighted by molar-refractivity contribution is -0.137. The number of methoxy groups -OCH3 is 1. The van der Waals surface area contributed by atoms with Gasteiger partial charge in [0.15, 0.2) is 11.5 Å². The molecule has 1 saturated heterocycles. The second kappa shape index (κ2) is 8.38. The number of carbonyl (C=O) groups excluding carboxylic acids is 3. The Bertz CT molecular complexity index is 1080. The molecule has 1 fully saturated rings. The number of ether oxygens (including phenoxy) is 1. The van der Waals surface area contributed by atoms with Gasteiger partial charge in [-0.15, -0.1) is 0 Å². The maximum absolute atomic E-state index is 12.8. The van der Waals surface area contributed by atoms with Crippen LogP contribution in [0.25, 0.3) is 6.08 Å². The largest absolute Gasteiger partial charge is 0.504 e. The van der Waals surface area contributed by atoms with E-state index in [0.29, 0.717) is 10.5 Å². The smallest absolute Gasteiger partial charge is 0.416 e. The number of phenols is 1. The van der Waals surface area contributed by atoms with E-state index in [0.717, 1.165) is 18.2 Å². The molecule has 2 aromatic carbocycles. The van der Waals surface area contributed by atoms with Gasteiger partial charge in [0.25, 0.3) is 5.91 Å². The van der Waals surface area contributed by atoms with Gasteiger partial charge >= 0.3 is 12.2 Å². The highest BCUT2D eigenvalue weighted by molar-refractivity contribution is 6.15. The van der Waals surface area contributed by atoms with Crippen LogP contribution >= 0.6 is 0 Å². The second-order valence-corrected chi connectivity index (χ2v) is 6.44. The number of rotatable bonds is 5. The summed E-state index contributed by atoms with van der Waals surface area (Å²) in [5.74, 6) is -1.60. The summed E-state index contributed by atoms with van der Waals surface area (Å²) in [5.41, 5.74) is -0.758. The number of carbonyl (C=O) groups is 3. The molecule has 1 heterocycles. The van der Waals surface area contributed by atoms with Gasteiger partial charge in [-0.3, -0.25) is 9.59 Å². The molecule has 8 nitrogen and oxygen atoms in total. The lowest BCUT2D eigenvalue weighted by Crippen LogP contribution is -2.38. The summed E-state index contributed by atoms with van der Waals surface area (Å²) in [6, 6.07) is 7.36. The number of imide groups is 1. The molecule has 11 heteroatoms. The van der Waals surface area contributed by atoms with Crippen LogP contribution in [0.15, 0.2) is 48.2 Å². The minimum Gasteiger partial charge on any atom is -0.504 e. The van der Waals surface area contributed by atoms with E-state index in [9.17, 15) is 32.7 Å². The molecule has 0 saturated carbocycles. The van der Waals surface area contributed by atoms with E-state index in [1.807, 2.05) is 0 Å². The van der Waals surface area contributed by atoms with Gasteiger partial charge < -0.3 is 20.5 Å². The number of urea groups is 1. The lowest BCUT2D eigenvalue weighted by atomic mass is 10.1. The molecule has 0 spiro atoms. The van der Waals surface area contributed by atoms with E-state index < -0.39 is 36.1 Å². The molecular formula is C20H16F3N3O5. The molecule has 3 rings (SSSR count). The molecule has 0 atom stereocenters. The van der Waals surface area contributed by atoms with Crippen molar-refractivity contribution in [2.24, 2.45) is 0 Å². The predicted octanol–water partition coefficient (Wildman–Crippen LogP) is 2.95. The van der Waals surface area contributed by atoms with E-state index >= 15 is 0 Å². The molecule has 1 aliphatic heterocycles. The summed E-state index contributed by atoms with van der Waals surface area (Å²) < 4.78 is 43.3. The number of halogens is 3. The van der Waals surface area contributed by atoms with Gasteiger partial charge in [0.2, 0.25) is 5.91 Å². The van der Waals surface area contributed by atoms with E-state index in [1.165, 1.54) is 37.5 Å². The number of amides is 4. The van der Waals surface area contributed by atoms with Crippen LogP contribution in [0.1, 0.15) is 11.1 Å². The first-order chi connectivity index (χ1) is 14.6. The first-order valence-electron chi connectivity index (χ1n) is 8.77. The minimum absolute atomic E-state index is 0.112. The molecular weight excluding hydrogens is 419 g/mol. The maximum atomic E-state index is 12.8. The number of phenolic OH excluding ortho intramolecular Hbond substituents is 1. The average Bonchev–Trinajstić information content (AvgIpc) is 2.96. The van der Waals surface area contributed by atoms with Gasteiger partial charge in [0.05, 0.1) is 12.7 Å². The normalized spacial score (nSPS) is 15.2. The van der Waals surface area contributed by atoms with E-state index in [-0.39, 0.29) is 22.9 Å². The first kappa shape index (κ1) is 21.7. The van der Waals surface area contributed by atoms with Crippen molar-refractivity contribution in [2.45, 2.75) is 6.18 Å². The third kappa shape index (κ3) is 4.94. The summed E-state index contributed by atoms with van der Waals surface area (Å²) >= 11 is 0. The van der Waals surface area contributed by atoms with Crippen molar-refractivity contribution >= 4 is 29.6 Å². The van der Waals surface area contributed by atoms with Crippen molar-refractivity contribution in [2.75, 3.05) is 19.0 Å². The van der Waals surface area contributed by atoms with Crippen LogP contribution < -0.4 is 15.4 Å². The summed E-state index contributed by atoms with van der Waals surface area (Å²) in [4.78, 5) is 37.4. The van der Waals surface area contributed by atoms with Crippen LogP contribution in [0.4, 0.5) is 23.7 Å². The zero-order valence-corrected chi connectivity index (χ0v) is 16.0. The van der Waals surface area contributed by atoms with E-state index in [4.69, 9.17) is 4.74 Å². The second-order valence-electron chi connectivity index (χ2n) is 6.44. The quantitative estimate of drug-likeness (QED) is 0.495. The number of hydrogen-bond acceptors (Lipinski definition) is 5. The Morgan fingerprint density at radius 3 is 2.65 bits per heavy atom. The molecule has 31 heavy (non-hydrogen) atoms. The van der Waals surface area contributed by atoms with Crippen molar-refractivity contribution < 1.29 is 37.4 Å². The Labute approximate surface area is 173 Å². The number of anilines is 1. The number of nitrogens with one attached hydrogen (secondary N) is 2. The van der Waals surface area contributed by atoms with Gasteiger partial charge in [0.1, 0.15) is 12.2 Å². The fourth-order valence-corrected chi connectivity index (χ4v) is 2.78. The van der Waals surface area contributed by atoms with Gasteiger partial charge in [-0.05, 0) is 42.0 Å². The van der Waals surface area contributed by atoms with Crippen molar-refractivity contribution in [3.63, 3.8) is 0 Å². The minimum atomic E-state index is -4.58. The van der Waals surface area contributed by atoms with Crippen LogP contribution in [0, 0.1) is 0 Å². The predicted molar refractivity (Wildman–Crippen MR) is 103 cm³/mol.